The lowest BCUT2D eigenvalue weighted by Gasteiger charge is -2.08. The number of carbonyl (C=O) groups excluding carboxylic acids is 1. The van der Waals surface area contributed by atoms with Crippen molar-refractivity contribution in [1.82, 2.24) is 25.4 Å². The molecule has 2 aromatic rings. The number of hydrogen-bond acceptors (Lipinski definition) is 5. The summed E-state index contributed by atoms with van der Waals surface area (Å²) in [7, 11) is 0. The van der Waals surface area contributed by atoms with Gasteiger partial charge in [-0.3, -0.25) is 0 Å². The molecule has 7 nitrogen and oxygen atoms in total. The molecule has 0 bridgehead atoms. The van der Waals surface area contributed by atoms with E-state index >= 15 is 0 Å². The van der Waals surface area contributed by atoms with Crippen molar-refractivity contribution < 1.29 is 9.53 Å². The molecule has 118 valence electrons. The number of nitrogens with one attached hydrogen (secondary N) is 2. The number of thiophene rings is 1. The normalized spacial score (nSPS) is 14.2. The summed E-state index contributed by atoms with van der Waals surface area (Å²) in [5.41, 5.74) is 1.22. The second-order valence-electron chi connectivity index (χ2n) is 5.17. The van der Waals surface area contributed by atoms with E-state index in [1.165, 1.54) is 5.56 Å². The lowest BCUT2D eigenvalue weighted by molar-refractivity contribution is 0.139. The number of carbonyl (C=O) groups is 1. The molecule has 0 aromatic carbocycles. The van der Waals surface area contributed by atoms with Crippen LogP contribution in [0.3, 0.4) is 0 Å². The first-order chi connectivity index (χ1) is 10.7. The van der Waals surface area contributed by atoms with E-state index in [4.69, 9.17) is 4.74 Å². The molecule has 1 aliphatic rings. The van der Waals surface area contributed by atoms with E-state index in [2.05, 4.69) is 32.3 Å². The van der Waals surface area contributed by atoms with E-state index in [1.54, 1.807) is 11.3 Å². The molecule has 2 N–H and O–H groups in total. The fourth-order valence-electron chi connectivity index (χ4n) is 2.34. The molecule has 0 spiro atoms. The zero-order chi connectivity index (χ0) is 15.4. The number of aromatic nitrogens is 3. The van der Waals surface area contributed by atoms with Crippen molar-refractivity contribution in [3.63, 3.8) is 0 Å². The average molecular weight is 321 g/mol. The van der Waals surface area contributed by atoms with Crippen molar-refractivity contribution in [1.29, 1.82) is 0 Å². The Morgan fingerprint density at radius 1 is 1.36 bits per heavy atom. The second-order valence-corrected chi connectivity index (χ2v) is 6.17. The van der Waals surface area contributed by atoms with Crippen LogP contribution in [0.1, 0.15) is 22.1 Å². The summed E-state index contributed by atoms with van der Waals surface area (Å²) < 4.78 is 7.44. The summed E-state index contributed by atoms with van der Waals surface area (Å²) in [6.07, 6.45) is 0.761. The van der Waals surface area contributed by atoms with Gasteiger partial charge in [0.25, 0.3) is 0 Å². The number of urea groups is 1. The van der Waals surface area contributed by atoms with Crippen LogP contribution in [0.25, 0.3) is 0 Å². The van der Waals surface area contributed by atoms with Gasteiger partial charge in [-0.1, -0.05) is 0 Å². The zero-order valence-corrected chi connectivity index (χ0v) is 13.3. The molecule has 0 saturated heterocycles. The predicted molar refractivity (Wildman–Crippen MR) is 82.7 cm³/mol. The van der Waals surface area contributed by atoms with Gasteiger partial charge in [0, 0.05) is 17.8 Å². The van der Waals surface area contributed by atoms with Gasteiger partial charge in [0.05, 0.1) is 26.3 Å². The maximum atomic E-state index is 11.9. The van der Waals surface area contributed by atoms with Gasteiger partial charge < -0.3 is 19.9 Å². The van der Waals surface area contributed by atoms with E-state index in [9.17, 15) is 4.79 Å². The third-order valence-electron chi connectivity index (χ3n) is 3.45. The van der Waals surface area contributed by atoms with E-state index in [0.717, 1.165) is 29.5 Å². The minimum atomic E-state index is -0.201. The van der Waals surface area contributed by atoms with E-state index in [-0.39, 0.29) is 6.03 Å². The van der Waals surface area contributed by atoms with Crippen molar-refractivity contribution in [3.05, 3.63) is 33.5 Å². The Morgan fingerprint density at radius 3 is 3.05 bits per heavy atom. The van der Waals surface area contributed by atoms with E-state index in [0.29, 0.717) is 26.3 Å². The number of fused-ring (bicyclic) bond motifs is 1. The fourth-order valence-corrected chi connectivity index (χ4v) is 3.15. The first kappa shape index (κ1) is 15.0. The van der Waals surface area contributed by atoms with Crippen LogP contribution in [0.5, 0.6) is 0 Å². The van der Waals surface area contributed by atoms with Gasteiger partial charge in [0.1, 0.15) is 5.82 Å². The Bertz CT molecular complexity index is 651. The summed E-state index contributed by atoms with van der Waals surface area (Å²) in [5.74, 6) is 1.69. The number of aryl methyl sites for hydroxylation is 1. The minimum absolute atomic E-state index is 0.201. The third-order valence-corrected chi connectivity index (χ3v) is 4.50. The largest absolute Gasteiger partial charge is 0.379 e. The quantitative estimate of drug-likeness (QED) is 0.887. The van der Waals surface area contributed by atoms with Crippen molar-refractivity contribution >= 4 is 17.4 Å². The maximum absolute atomic E-state index is 11.9. The Balaban J connectivity index is 1.50. The molecule has 8 heteroatoms. The molecule has 0 fully saturated rings. The van der Waals surface area contributed by atoms with Crippen LogP contribution in [0.2, 0.25) is 0 Å². The summed E-state index contributed by atoms with van der Waals surface area (Å²) in [6, 6.07) is 1.87. The van der Waals surface area contributed by atoms with E-state index < -0.39 is 0 Å². The van der Waals surface area contributed by atoms with Gasteiger partial charge in [0.2, 0.25) is 0 Å². The smallest absolute Gasteiger partial charge is 0.315 e. The molecule has 0 unspecified atom stereocenters. The molecule has 0 atom stereocenters. The molecular formula is C14H19N5O2S. The van der Waals surface area contributed by atoms with Gasteiger partial charge >= 0.3 is 6.03 Å². The Labute approximate surface area is 132 Å². The van der Waals surface area contributed by atoms with Gasteiger partial charge in [-0.05, 0) is 23.9 Å². The summed E-state index contributed by atoms with van der Waals surface area (Å²) in [5, 5.41) is 16.0. The standard InChI is InChI=1S/C14H19N5O2S/c1-10-6-11(22-9-10)7-15-14(20)16-8-13-18-17-12-2-4-21-5-3-19(12)13/h6,9H,2-5,7-8H2,1H3,(H2,15,16,20). The van der Waals surface area contributed by atoms with E-state index in [1.807, 2.05) is 11.5 Å². The van der Waals surface area contributed by atoms with Crippen molar-refractivity contribution in [2.24, 2.45) is 0 Å². The van der Waals surface area contributed by atoms with Crippen molar-refractivity contribution in [2.75, 3.05) is 13.2 Å². The Hall–Kier alpha value is -1.93. The monoisotopic (exact) mass is 321 g/mol. The van der Waals surface area contributed by atoms with Crippen molar-refractivity contribution in [3.8, 4) is 0 Å². The molecule has 2 aromatic heterocycles. The van der Waals surface area contributed by atoms with Crippen molar-refractivity contribution in [2.45, 2.75) is 33.0 Å². The summed E-state index contributed by atoms with van der Waals surface area (Å²) in [6.45, 7) is 5.00. The molecule has 22 heavy (non-hydrogen) atoms. The molecule has 3 heterocycles. The van der Waals surface area contributed by atoms with Crippen LogP contribution in [0.4, 0.5) is 4.79 Å². The summed E-state index contributed by atoms with van der Waals surface area (Å²) >= 11 is 1.65. The van der Waals surface area contributed by atoms with Crippen LogP contribution in [0.15, 0.2) is 11.4 Å². The highest BCUT2D eigenvalue weighted by Gasteiger charge is 2.15. The second kappa shape index (κ2) is 6.89. The lowest BCUT2D eigenvalue weighted by atomic mass is 10.3. The van der Waals surface area contributed by atoms with Crippen LogP contribution in [0, 0.1) is 6.92 Å². The fraction of sp³-hybridized carbons (Fsp3) is 0.500. The lowest BCUT2D eigenvalue weighted by Crippen LogP contribution is -2.35. The number of amides is 2. The average Bonchev–Trinajstić information content (AvgIpc) is 3.02. The first-order valence-corrected chi connectivity index (χ1v) is 8.15. The van der Waals surface area contributed by atoms with Gasteiger partial charge in [-0.25, -0.2) is 4.79 Å². The first-order valence-electron chi connectivity index (χ1n) is 7.27. The highest BCUT2D eigenvalue weighted by Crippen LogP contribution is 2.12. The third kappa shape index (κ3) is 3.63. The molecule has 3 rings (SSSR count). The molecular weight excluding hydrogens is 302 g/mol. The molecule has 1 aliphatic heterocycles. The molecule has 0 saturated carbocycles. The van der Waals surface area contributed by atoms with Gasteiger partial charge in [-0.2, -0.15) is 0 Å². The molecule has 2 amide bonds. The Kier molecular flexibility index (Phi) is 4.69. The topological polar surface area (TPSA) is 81.1 Å². The van der Waals surface area contributed by atoms with Crippen LogP contribution in [-0.4, -0.2) is 34.0 Å². The van der Waals surface area contributed by atoms with Gasteiger partial charge in [-0.15, -0.1) is 21.5 Å². The predicted octanol–water partition coefficient (Wildman–Crippen LogP) is 1.22. The number of hydrogen-bond donors (Lipinski definition) is 2. The maximum Gasteiger partial charge on any atom is 0.315 e. The van der Waals surface area contributed by atoms with Crippen LogP contribution >= 0.6 is 11.3 Å². The number of nitrogens with zero attached hydrogens (tertiary/aromatic N) is 3. The van der Waals surface area contributed by atoms with Crippen LogP contribution in [-0.2, 0) is 30.8 Å². The molecule has 0 aliphatic carbocycles. The summed E-state index contributed by atoms with van der Waals surface area (Å²) in [4.78, 5) is 13.0. The molecule has 0 radical (unpaired) electrons. The zero-order valence-electron chi connectivity index (χ0n) is 12.5. The minimum Gasteiger partial charge on any atom is -0.379 e. The number of ether oxygens (including phenoxy) is 1. The highest BCUT2D eigenvalue weighted by atomic mass is 32.1. The van der Waals surface area contributed by atoms with Gasteiger partial charge in [0.15, 0.2) is 5.82 Å². The van der Waals surface area contributed by atoms with Crippen LogP contribution < -0.4 is 10.6 Å². The highest BCUT2D eigenvalue weighted by molar-refractivity contribution is 7.10. The Morgan fingerprint density at radius 2 is 2.23 bits per heavy atom. The SMILES string of the molecule is Cc1csc(CNC(=O)NCc2nnc3n2CCOCC3)c1. The number of rotatable bonds is 4.